The fraction of sp³-hybridized carbons (Fsp3) is 0.260. The van der Waals surface area contributed by atoms with Crippen LogP contribution >= 0.6 is 0 Å². The zero-order chi connectivity index (χ0) is 41.2. The molecule has 0 radical (unpaired) electrons. The fourth-order valence-corrected chi connectivity index (χ4v) is 7.15. The molecule has 4 aromatic carbocycles. The van der Waals surface area contributed by atoms with Crippen LogP contribution in [0, 0.1) is 11.7 Å². The fourth-order valence-electron chi connectivity index (χ4n) is 7.15. The normalized spacial score (nSPS) is 13.2. The molecule has 8 aromatic rings. The Morgan fingerprint density at radius 3 is 2.00 bits per heavy atom. The second-order valence-electron chi connectivity index (χ2n) is 17.7. The number of hydrogen-bond donors (Lipinski definition) is 0. The topological polar surface area (TPSA) is 48.8 Å². The molecule has 4 heterocycles. The lowest BCUT2D eigenvalue weighted by Gasteiger charge is -2.26. The Balaban J connectivity index is 1.20. The van der Waals surface area contributed by atoms with Gasteiger partial charge >= 0.3 is 0 Å². The molecule has 0 aliphatic carbocycles. The van der Waals surface area contributed by atoms with E-state index < -0.39 is 11.8 Å². The van der Waals surface area contributed by atoms with Crippen LogP contribution < -0.4 is 9.30 Å². The third kappa shape index (κ3) is 7.48. The number of imidazole rings is 1. The van der Waals surface area contributed by atoms with Crippen molar-refractivity contribution in [2.75, 3.05) is 0 Å². The summed E-state index contributed by atoms with van der Waals surface area (Å²) in [6.07, 6.45) is 7.60. The van der Waals surface area contributed by atoms with Crippen LogP contribution in [-0.2, 0) is 17.2 Å². The van der Waals surface area contributed by atoms with Gasteiger partial charge in [0.1, 0.15) is 17.3 Å². The summed E-state index contributed by atoms with van der Waals surface area (Å²) >= 11 is 0. The molecule has 0 fully saturated rings. The predicted molar refractivity (Wildman–Crippen MR) is 229 cm³/mol. The van der Waals surface area contributed by atoms with Gasteiger partial charge < -0.3 is 4.74 Å². The Labute approximate surface area is 333 Å². The highest BCUT2D eigenvalue weighted by molar-refractivity contribution is 6.09. The van der Waals surface area contributed by atoms with E-state index in [1.54, 1.807) is 18.5 Å². The maximum atomic E-state index is 8.97. The van der Waals surface area contributed by atoms with Crippen LogP contribution in [0.4, 0.5) is 0 Å². The van der Waals surface area contributed by atoms with Gasteiger partial charge in [-0.2, -0.15) is 0 Å². The van der Waals surface area contributed by atoms with Crippen LogP contribution in [-0.4, -0.2) is 19.1 Å². The highest BCUT2D eigenvalue weighted by Gasteiger charge is 2.23. The van der Waals surface area contributed by atoms with Crippen molar-refractivity contribution in [2.45, 2.75) is 79.5 Å². The van der Waals surface area contributed by atoms with Gasteiger partial charge in [0, 0.05) is 44.2 Å². The third-order valence-electron chi connectivity index (χ3n) is 10.0. The molecule has 0 saturated carbocycles. The van der Waals surface area contributed by atoms with Crippen LogP contribution in [0.3, 0.4) is 0 Å². The first-order valence-corrected chi connectivity index (χ1v) is 19.3. The van der Waals surface area contributed by atoms with Gasteiger partial charge in [-0.3, -0.25) is 18.7 Å². The average Bonchev–Trinajstić information content (AvgIpc) is 3.77. The Hall–Kier alpha value is -6.01. The summed E-state index contributed by atoms with van der Waals surface area (Å²) in [6.45, 7) is 19.3. The smallest absolute Gasteiger partial charge is 0.270 e. The van der Waals surface area contributed by atoms with Crippen LogP contribution in [0.1, 0.15) is 81.7 Å². The van der Waals surface area contributed by atoms with E-state index in [4.69, 9.17) is 17.4 Å². The zero-order valence-electron chi connectivity index (χ0n) is 35.8. The number of fused-ring (bicyclic) bond motifs is 3. The number of aromatic nitrogens is 5. The van der Waals surface area contributed by atoms with Crippen molar-refractivity contribution in [3.05, 3.63) is 157 Å². The van der Waals surface area contributed by atoms with E-state index in [0.717, 1.165) is 38.8 Å². The van der Waals surface area contributed by atoms with Crippen molar-refractivity contribution in [2.24, 2.45) is 5.41 Å². The van der Waals surface area contributed by atoms with Crippen LogP contribution in [0.15, 0.2) is 134 Å². The highest BCUT2D eigenvalue weighted by Crippen LogP contribution is 2.36. The van der Waals surface area contributed by atoms with Gasteiger partial charge in [0.05, 0.1) is 22.4 Å². The largest absolute Gasteiger partial charge is 0.458 e. The molecule has 0 aliphatic heterocycles. The van der Waals surface area contributed by atoms with E-state index in [2.05, 4.69) is 124 Å². The molecule has 0 unspecified atom stereocenters. The predicted octanol–water partition coefficient (Wildman–Crippen LogP) is 12.1. The minimum atomic E-state index is -1.57. The number of nitrogens with zero attached hydrogens (tertiary/aromatic N) is 5. The van der Waals surface area contributed by atoms with Crippen LogP contribution in [0.2, 0.25) is 0 Å². The first-order chi connectivity index (χ1) is 27.4. The monoisotopic (exact) mass is 739 g/mol. The van der Waals surface area contributed by atoms with Crippen LogP contribution in [0.5, 0.6) is 11.5 Å². The molecule has 0 amide bonds. The third-order valence-corrected chi connectivity index (χ3v) is 10.0. The van der Waals surface area contributed by atoms with Gasteiger partial charge in [0.2, 0.25) is 0 Å². The first-order valence-electron chi connectivity index (χ1n) is 20.3. The van der Waals surface area contributed by atoms with Crippen molar-refractivity contribution in [1.29, 1.82) is 0 Å². The van der Waals surface area contributed by atoms with Gasteiger partial charge in [0.15, 0.2) is 5.82 Å². The molecule has 8 rings (SSSR count). The quantitative estimate of drug-likeness (QED) is 0.121. The molecular weight excluding hydrogens is 687 g/mol. The minimum Gasteiger partial charge on any atom is -0.458 e. The molecule has 6 nitrogen and oxygen atoms in total. The molecule has 0 aliphatic rings. The molecule has 0 spiro atoms. The molecule has 56 heavy (non-hydrogen) atoms. The zero-order valence-corrected chi connectivity index (χ0v) is 33.8. The molecule has 6 heteroatoms. The molecule has 0 N–H and O–H groups in total. The Kier molecular flexibility index (Phi) is 8.58. The van der Waals surface area contributed by atoms with Crippen molar-refractivity contribution in [3.8, 4) is 40.1 Å². The summed E-state index contributed by atoms with van der Waals surface area (Å²) in [7, 11) is 0. The summed E-state index contributed by atoms with van der Waals surface area (Å²) in [4.78, 5) is 9.54. The second-order valence-corrected chi connectivity index (χ2v) is 17.7. The Morgan fingerprint density at radius 1 is 0.643 bits per heavy atom. The van der Waals surface area contributed by atoms with Crippen molar-refractivity contribution >= 4 is 21.8 Å². The molecule has 282 valence electrons. The van der Waals surface area contributed by atoms with E-state index in [1.807, 2.05) is 73.9 Å². The lowest BCUT2D eigenvalue weighted by atomic mass is 9.80. The Morgan fingerprint density at radius 2 is 1.29 bits per heavy atom. The number of para-hydroxylation sites is 1. The number of hydrogen-bond acceptors (Lipinski definition) is 3. The summed E-state index contributed by atoms with van der Waals surface area (Å²) < 4.78 is 30.7. The summed E-state index contributed by atoms with van der Waals surface area (Å²) in [6, 6.07) is 39.0. The Bertz CT molecular complexity index is 2760. The van der Waals surface area contributed by atoms with Gasteiger partial charge in [-0.25, -0.2) is 4.98 Å². The van der Waals surface area contributed by atoms with Crippen LogP contribution in [0.25, 0.3) is 50.4 Å². The molecular formula is C50H51N5O. The number of ether oxygens (including phenoxy) is 1. The lowest BCUT2D eigenvalue weighted by molar-refractivity contribution is -0.588. The standard InChI is InChI=1S/C50H51N5O/c1-48(2,3)31-34-21-23-52-47(25-34)55-43-18-14-13-17-41(43)42-20-19-39(29-44(42)55)56-40-22-24-51-46(30-40)53-32-45(35-15-11-10-12-16-35)54(33-53)38-27-36(49(4,5)6)26-37(28-38)50(7,8)9/h10-30,32H,31H2,1-9H3/i31D2. The van der Waals surface area contributed by atoms with Gasteiger partial charge in [-0.05, 0) is 93.4 Å². The van der Waals surface area contributed by atoms with E-state index in [1.165, 1.54) is 11.1 Å². The average molecular weight is 740 g/mol. The molecule has 0 bridgehead atoms. The second kappa shape index (κ2) is 13.9. The lowest BCUT2D eigenvalue weighted by Crippen LogP contribution is -2.33. The molecule has 0 saturated heterocycles. The van der Waals surface area contributed by atoms with Crippen molar-refractivity contribution in [1.82, 2.24) is 19.1 Å². The van der Waals surface area contributed by atoms with Gasteiger partial charge in [0.25, 0.3) is 6.33 Å². The van der Waals surface area contributed by atoms with E-state index in [-0.39, 0.29) is 10.8 Å². The summed E-state index contributed by atoms with van der Waals surface area (Å²) in [5, 5.41) is 2.13. The molecule has 0 atom stereocenters. The summed E-state index contributed by atoms with van der Waals surface area (Å²) in [5.41, 5.74) is 7.42. The highest BCUT2D eigenvalue weighted by atomic mass is 16.5. The first kappa shape index (κ1) is 34.5. The van der Waals surface area contributed by atoms with E-state index in [9.17, 15) is 0 Å². The summed E-state index contributed by atoms with van der Waals surface area (Å²) in [5.74, 6) is 2.60. The maximum Gasteiger partial charge on any atom is 0.270 e. The number of benzene rings is 4. The minimum absolute atomic E-state index is 0.0424. The van der Waals surface area contributed by atoms with E-state index >= 15 is 0 Å². The van der Waals surface area contributed by atoms with Gasteiger partial charge in [-0.15, -0.1) is 0 Å². The SMILES string of the molecule is [2H]C([2H])(c1ccnc(-n2c3ccccc3c3ccc(Oc4ccnc(-n5[c-][n+](-c6cc(C(C)(C)C)cc(C(C)(C)C)c6)c(-c6ccccc6)c5)c4)cc32)c1)C(C)(C)C. The van der Waals surface area contributed by atoms with Crippen molar-refractivity contribution < 1.29 is 12.0 Å². The number of rotatable bonds is 7. The van der Waals surface area contributed by atoms with Gasteiger partial charge in [-0.1, -0.05) is 117 Å². The van der Waals surface area contributed by atoms with Crippen molar-refractivity contribution in [3.63, 3.8) is 0 Å². The number of pyridine rings is 2. The maximum absolute atomic E-state index is 8.97. The van der Waals surface area contributed by atoms with E-state index in [0.29, 0.717) is 28.7 Å². The molecule has 4 aromatic heterocycles.